The molecule has 0 unspecified atom stereocenters. The van der Waals surface area contributed by atoms with Crippen LogP contribution in [0.15, 0.2) is 12.2 Å². The molecule has 0 saturated carbocycles. The van der Waals surface area contributed by atoms with E-state index >= 15 is 0 Å². The Morgan fingerprint density at radius 2 is 1.33 bits per heavy atom. The van der Waals surface area contributed by atoms with E-state index in [0.29, 0.717) is 0 Å². The molecule has 0 bridgehead atoms. The van der Waals surface area contributed by atoms with E-state index in [1.807, 2.05) is 0 Å². The fourth-order valence-corrected chi connectivity index (χ4v) is 0.542. The van der Waals surface area contributed by atoms with Crippen LogP contribution in [0.4, 0.5) is 0 Å². The van der Waals surface area contributed by atoms with E-state index in [2.05, 4.69) is 16.1 Å². The summed E-state index contributed by atoms with van der Waals surface area (Å²) in [5.41, 5.74) is 0.176. The van der Waals surface area contributed by atoms with E-state index in [4.69, 9.17) is 28.3 Å². The van der Waals surface area contributed by atoms with Crippen molar-refractivity contribution in [2.24, 2.45) is 0 Å². The molecule has 104 valence electrons. The average molecular weight is 301 g/mol. The smallest absolute Gasteiger partial charge is 0.330 e. The van der Waals surface area contributed by atoms with Gasteiger partial charge in [-0.15, -0.1) is 23.2 Å². The lowest BCUT2D eigenvalue weighted by Crippen LogP contribution is -2.14. The van der Waals surface area contributed by atoms with Crippen molar-refractivity contribution in [2.45, 2.75) is 6.92 Å². The van der Waals surface area contributed by atoms with Gasteiger partial charge in [0.15, 0.2) is 0 Å². The highest BCUT2D eigenvalue weighted by Gasteiger charge is 2.01. The number of carboxylic acid groups (broad SMARTS) is 1. The van der Waals surface area contributed by atoms with Crippen molar-refractivity contribution in [3.05, 3.63) is 12.2 Å². The molecule has 1 N–H and O–H groups in total. The van der Waals surface area contributed by atoms with Gasteiger partial charge in [0.25, 0.3) is 0 Å². The molecule has 0 aromatic carbocycles. The number of carbonyl (C=O) groups is 3. The minimum atomic E-state index is -0.935. The summed E-state index contributed by atoms with van der Waals surface area (Å²) < 4.78 is 8.99. The van der Waals surface area contributed by atoms with Crippen molar-refractivity contribution in [2.75, 3.05) is 25.0 Å². The maximum Gasteiger partial charge on any atom is 0.330 e. The average Bonchev–Trinajstić information content (AvgIpc) is 2.34. The number of halogens is 2. The van der Waals surface area contributed by atoms with Crippen LogP contribution < -0.4 is 0 Å². The lowest BCUT2D eigenvalue weighted by atomic mass is 10.4. The molecule has 6 nitrogen and oxygen atoms in total. The fraction of sp³-hybridized carbons (Fsp3) is 0.500. The van der Waals surface area contributed by atoms with Crippen LogP contribution in [-0.4, -0.2) is 48.0 Å². The number of ether oxygens (including phenoxy) is 2. The van der Waals surface area contributed by atoms with E-state index in [1.165, 1.54) is 6.92 Å². The third-order valence-corrected chi connectivity index (χ3v) is 1.63. The third-order valence-electron chi connectivity index (χ3n) is 1.19. The molecule has 0 aromatic rings. The van der Waals surface area contributed by atoms with Crippen molar-refractivity contribution < 1.29 is 29.0 Å². The molecule has 0 fully saturated rings. The predicted molar refractivity (Wildman–Crippen MR) is 65.8 cm³/mol. The second-order valence-electron chi connectivity index (χ2n) is 2.79. The highest BCUT2D eigenvalue weighted by Crippen LogP contribution is 1.86. The fourth-order valence-electron chi connectivity index (χ4n) is 0.388. The van der Waals surface area contributed by atoms with Crippen molar-refractivity contribution in [1.29, 1.82) is 0 Å². The quantitative estimate of drug-likeness (QED) is 0.343. The van der Waals surface area contributed by atoms with Crippen LogP contribution in [0.5, 0.6) is 0 Å². The Labute approximate surface area is 114 Å². The first-order valence-corrected chi connectivity index (χ1v) is 5.74. The van der Waals surface area contributed by atoms with Crippen LogP contribution >= 0.6 is 23.2 Å². The lowest BCUT2D eigenvalue weighted by molar-refractivity contribution is -0.149. The van der Waals surface area contributed by atoms with E-state index in [1.54, 1.807) is 0 Å². The molecular weight excluding hydrogens is 287 g/mol. The Hall–Kier alpha value is -1.27. The Kier molecular flexibility index (Phi) is 12.9. The summed E-state index contributed by atoms with van der Waals surface area (Å²) in [6.45, 7) is 4.62. The highest BCUT2D eigenvalue weighted by molar-refractivity contribution is 6.26. The topological polar surface area (TPSA) is 89.9 Å². The van der Waals surface area contributed by atoms with Crippen LogP contribution in [0.2, 0.25) is 0 Å². The molecule has 0 saturated heterocycles. The largest absolute Gasteiger partial charge is 0.478 e. The van der Waals surface area contributed by atoms with Crippen LogP contribution in [0.25, 0.3) is 0 Å². The number of carbonyl (C=O) groups excluding carboxylic acids is 2. The minimum absolute atomic E-state index is 0.00812. The molecule has 0 atom stereocenters. The molecule has 0 aliphatic carbocycles. The number of rotatable bonds is 6. The molecule has 0 aliphatic heterocycles. The molecule has 0 amide bonds. The predicted octanol–water partition coefficient (Wildman–Crippen LogP) is 1.20. The molecule has 0 rings (SSSR count). The minimum Gasteiger partial charge on any atom is -0.478 e. The Morgan fingerprint density at radius 3 is 1.50 bits per heavy atom. The zero-order chi connectivity index (χ0) is 14.6. The van der Waals surface area contributed by atoms with E-state index in [0.717, 1.165) is 0 Å². The molecule has 18 heavy (non-hydrogen) atoms. The lowest BCUT2D eigenvalue weighted by Gasteiger charge is -2.02. The monoisotopic (exact) mass is 300 g/mol. The Balaban J connectivity index is 0. The van der Waals surface area contributed by atoms with Gasteiger partial charge in [-0.3, -0.25) is 9.59 Å². The highest BCUT2D eigenvalue weighted by atomic mass is 35.5. The number of alkyl halides is 2. The molecule has 0 radical (unpaired) electrons. The number of aliphatic carboxylic acids is 1. The van der Waals surface area contributed by atoms with Crippen LogP contribution in [0.3, 0.4) is 0 Å². The summed E-state index contributed by atoms with van der Waals surface area (Å²) in [6.07, 6.45) is 0. The zero-order valence-electron chi connectivity index (χ0n) is 9.78. The Morgan fingerprint density at radius 1 is 1.06 bits per heavy atom. The zero-order valence-corrected chi connectivity index (χ0v) is 11.3. The van der Waals surface area contributed by atoms with Gasteiger partial charge in [-0.05, 0) is 6.92 Å². The second kappa shape index (κ2) is 12.2. The van der Waals surface area contributed by atoms with Crippen molar-refractivity contribution in [3.8, 4) is 0 Å². The number of hydrogen-bond donors (Lipinski definition) is 1. The summed E-state index contributed by atoms with van der Waals surface area (Å²) in [7, 11) is 0. The van der Waals surface area contributed by atoms with Crippen LogP contribution in [0, 0.1) is 0 Å². The van der Waals surface area contributed by atoms with Gasteiger partial charge >= 0.3 is 17.9 Å². The molecular formula is C10H14Cl2O6. The van der Waals surface area contributed by atoms with Gasteiger partial charge in [-0.2, -0.15) is 0 Å². The maximum atomic E-state index is 10.4. The molecule has 0 aliphatic rings. The first-order chi connectivity index (χ1) is 8.34. The SMILES string of the molecule is C=C(C)C(=O)O.O=C(CCl)OCCOC(=O)CCl. The molecule has 0 heterocycles. The van der Waals surface area contributed by atoms with Gasteiger partial charge in [-0.1, -0.05) is 6.58 Å². The van der Waals surface area contributed by atoms with Gasteiger partial charge in [0.2, 0.25) is 0 Å². The van der Waals surface area contributed by atoms with Crippen molar-refractivity contribution in [1.82, 2.24) is 0 Å². The van der Waals surface area contributed by atoms with Gasteiger partial charge in [0.1, 0.15) is 25.0 Å². The van der Waals surface area contributed by atoms with E-state index in [9.17, 15) is 14.4 Å². The molecule has 0 aromatic heterocycles. The van der Waals surface area contributed by atoms with Gasteiger partial charge < -0.3 is 14.6 Å². The summed E-state index contributed by atoms with van der Waals surface area (Å²) in [4.78, 5) is 30.4. The third kappa shape index (κ3) is 14.7. The van der Waals surface area contributed by atoms with Crippen LogP contribution in [-0.2, 0) is 23.9 Å². The number of carboxylic acids is 1. The van der Waals surface area contributed by atoms with Gasteiger partial charge in [-0.25, -0.2) is 4.79 Å². The van der Waals surface area contributed by atoms with Crippen LogP contribution in [0.1, 0.15) is 6.92 Å². The van der Waals surface area contributed by atoms with Gasteiger partial charge in [0, 0.05) is 5.57 Å². The summed E-state index contributed by atoms with van der Waals surface area (Å²) in [6, 6.07) is 0. The summed E-state index contributed by atoms with van der Waals surface area (Å²) >= 11 is 10.2. The molecule has 0 spiro atoms. The summed E-state index contributed by atoms with van der Waals surface area (Å²) in [5, 5.41) is 7.89. The van der Waals surface area contributed by atoms with E-state index < -0.39 is 17.9 Å². The maximum absolute atomic E-state index is 10.4. The van der Waals surface area contributed by atoms with Crippen molar-refractivity contribution >= 4 is 41.1 Å². The first-order valence-electron chi connectivity index (χ1n) is 4.67. The molecule has 8 heteroatoms. The number of hydrogen-bond acceptors (Lipinski definition) is 5. The van der Waals surface area contributed by atoms with Crippen molar-refractivity contribution in [3.63, 3.8) is 0 Å². The number of esters is 2. The standard InChI is InChI=1S/C6H8Cl2O4.C4H6O2/c7-3-5(9)11-1-2-12-6(10)4-8;1-3(2)4(5)6/h1-4H2;1H2,2H3,(H,5,6). The second-order valence-corrected chi connectivity index (χ2v) is 3.33. The normalized spacial score (nSPS) is 8.61. The Bertz CT molecular complexity index is 273. The first kappa shape index (κ1) is 19.1. The van der Waals surface area contributed by atoms with E-state index in [-0.39, 0.29) is 30.5 Å². The summed E-state index contributed by atoms with van der Waals surface area (Å²) in [5.74, 6) is -2.43. The van der Waals surface area contributed by atoms with Gasteiger partial charge in [0.05, 0.1) is 0 Å².